The number of halogens is 4. The van der Waals surface area contributed by atoms with Gasteiger partial charge in [0, 0.05) is 17.6 Å². The molecule has 0 aliphatic rings. The Morgan fingerprint density at radius 1 is 0.974 bits per heavy atom. The van der Waals surface area contributed by atoms with Crippen molar-refractivity contribution in [2.24, 2.45) is 0 Å². The van der Waals surface area contributed by atoms with Gasteiger partial charge >= 0.3 is 6.18 Å². The summed E-state index contributed by atoms with van der Waals surface area (Å²) in [6.45, 7) is 2.66. The molecule has 0 heterocycles. The maximum atomic E-state index is 13.7. The maximum absolute atomic E-state index is 13.7. The van der Waals surface area contributed by atoms with Gasteiger partial charge < -0.3 is 10.2 Å². The predicted octanol–water partition coefficient (Wildman–Crippen LogP) is 5.22. The molecular formula is C27H27BrF3N3O4S. The average Bonchev–Trinajstić information content (AvgIpc) is 2.91. The van der Waals surface area contributed by atoms with Gasteiger partial charge in [0.15, 0.2) is 0 Å². The largest absolute Gasteiger partial charge is 0.416 e. The van der Waals surface area contributed by atoms with Crippen LogP contribution in [0.2, 0.25) is 0 Å². The fraction of sp³-hybridized carbons (Fsp3) is 0.259. The third-order valence-corrected chi connectivity index (χ3v) is 8.17. The van der Waals surface area contributed by atoms with E-state index in [9.17, 15) is 31.2 Å². The Labute approximate surface area is 233 Å². The lowest BCUT2D eigenvalue weighted by Gasteiger charge is -2.32. The molecule has 0 aromatic heterocycles. The zero-order chi connectivity index (χ0) is 28.8. The number of amides is 2. The monoisotopic (exact) mass is 625 g/mol. The first-order valence-electron chi connectivity index (χ1n) is 11.9. The molecule has 3 aromatic carbocycles. The van der Waals surface area contributed by atoms with Crippen molar-refractivity contribution in [1.82, 2.24) is 10.2 Å². The summed E-state index contributed by atoms with van der Waals surface area (Å²) in [5.74, 6) is -1.23. The Kier molecular flexibility index (Phi) is 9.78. The first-order valence-corrected chi connectivity index (χ1v) is 14.1. The number of nitrogens with zero attached hydrogens (tertiary/aromatic N) is 2. The minimum Gasteiger partial charge on any atom is -0.355 e. The van der Waals surface area contributed by atoms with Crippen molar-refractivity contribution >= 4 is 43.5 Å². The van der Waals surface area contributed by atoms with Crippen LogP contribution < -0.4 is 9.62 Å². The lowest BCUT2D eigenvalue weighted by atomic mass is 10.1. The number of hydrogen-bond donors (Lipinski definition) is 1. The summed E-state index contributed by atoms with van der Waals surface area (Å²) >= 11 is 3.34. The third-order valence-electron chi connectivity index (χ3n) is 5.86. The van der Waals surface area contributed by atoms with Crippen molar-refractivity contribution in [3.05, 3.63) is 94.5 Å². The molecule has 208 valence electrons. The van der Waals surface area contributed by atoms with Crippen molar-refractivity contribution < 1.29 is 31.2 Å². The molecular weight excluding hydrogens is 599 g/mol. The number of carbonyl (C=O) groups is 2. The second kappa shape index (κ2) is 12.6. The highest BCUT2D eigenvalue weighted by Gasteiger charge is 2.35. The molecule has 2 amide bonds. The van der Waals surface area contributed by atoms with Crippen molar-refractivity contribution in [3.8, 4) is 0 Å². The highest BCUT2D eigenvalue weighted by atomic mass is 79.9. The van der Waals surface area contributed by atoms with E-state index >= 15 is 0 Å². The summed E-state index contributed by atoms with van der Waals surface area (Å²) < 4.78 is 69.2. The van der Waals surface area contributed by atoms with Gasteiger partial charge in [-0.05, 0) is 61.9 Å². The molecule has 1 N–H and O–H groups in total. The number of benzene rings is 3. The molecule has 1 atom stereocenters. The van der Waals surface area contributed by atoms with Gasteiger partial charge in [-0.1, -0.05) is 52.3 Å². The van der Waals surface area contributed by atoms with E-state index in [1.807, 2.05) is 0 Å². The average molecular weight is 626 g/mol. The fourth-order valence-corrected chi connectivity index (χ4v) is 5.47. The lowest BCUT2D eigenvalue weighted by Crippen LogP contribution is -2.51. The van der Waals surface area contributed by atoms with Crippen molar-refractivity contribution in [2.75, 3.05) is 17.4 Å². The summed E-state index contributed by atoms with van der Waals surface area (Å²) in [4.78, 5) is 27.4. The molecule has 0 saturated heterocycles. The number of anilines is 1. The minimum atomic E-state index is -4.73. The summed E-state index contributed by atoms with van der Waals surface area (Å²) in [5.41, 5.74) is -0.737. The van der Waals surface area contributed by atoms with Crippen molar-refractivity contribution in [3.63, 3.8) is 0 Å². The molecule has 12 heteroatoms. The van der Waals surface area contributed by atoms with Gasteiger partial charge in [0.1, 0.15) is 12.6 Å². The van der Waals surface area contributed by atoms with Gasteiger partial charge in [-0.3, -0.25) is 13.9 Å². The van der Waals surface area contributed by atoms with Crippen molar-refractivity contribution in [2.45, 2.75) is 37.5 Å². The van der Waals surface area contributed by atoms with Gasteiger partial charge in [-0.25, -0.2) is 8.42 Å². The van der Waals surface area contributed by atoms with Crippen LogP contribution in [-0.4, -0.2) is 44.3 Å². The van der Waals surface area contributed by atoms with E-state index in [1.165, 1.54) is 42.2 Å². The quantitative estimate of drug-likeness (QED) is 0.335. The number of nitrogens with one attached hydrogen (secondary N) is 1. The minimum absolute atomic E-state index is 0.0355. The summed E-state index contributed by atoms with van der Waals surface area (Å²) in [5, 5.41) is 2.64. The number of hydrogen-bond acceptors (Lipinski definition) is 4. The SMILES string of the molecule is CCNC(=O)C(C)N(Cc1ccc(Br)cc1)C(=O)CN(c1cccc(C(F)(F)F)c1)S(=O)(=O)c1ccccc1. The molecule has 3 rings (SSSR count). The fourth-order valence-electron chi connectivity index (χ4n) is 3.78. The molecule has 3 aromatic rings. The second-order valence-corrected chi connectivity index (χ2v) is 11.4. The van der Waals surface area contributed by atoms with Crippen LogP contribution >= 0.6 is 15.9 Å². The number of rotatable bonds is 10. The van der Waals surface area contributed by atoms with Crippen LogP contribution in [0.4, 0.5) is 18.9 Å². The van der Waals surface area contributed by atoms with Crippen LogP contribution in [0.1, 0.15) is 25.0 Å². The normalized spacial score (nSPS) is 12.5. The van der Waals surface area contributed by atoms with Crippen molar-refractivity contribution in [1.29, 1.82) is 0 Å². The van der Waals surface area contributed by atoms with Gasteiger partial charge in [0.05, 0.1) is 16.1 Å². The summed E-state index contributed by atoms with van der Waals surface area (Å²) in [7, 11) is -4.47. The molecule has 0 saturated carbocycles. The van der Waals surface area contributed by atoms with Crippen LogP contribution in [0.5, 0.6) is 0 Å². The van der Waals surface area contributed by atoms with Crippen LogP contribution in [-0.2, 0) is 32.3 Å². The Hall–Kier alpha value is -3.38. The Morgan fingerprint density at radius 2 is 1.62 bits per heavy atom. The van der Waals surface area contributed by atoms with Crippen LogP contribution in [0.25, 0.3) is 0 Å². The second-order valence-electron chi connectivity index (χ2n) is 8.59. The number of alkyl halides is 3. The van der Waals surface area contributed by atoms with E-state index in [0.29, 0.717) is 22.5 Å². The molecule has 0 aliphatic carbocycles. The first-order chi connectivity index (χ1) is 18.3. The van der Waals surface area contributed by atoms with Crippen LogP contribution in [0, 0.1) is 0 Å². The maximum Gasteiger partial charge on any atom is 0.416 e. The Morgan fingerprint density at radius 3 is 2.21 bits per heavy atom. The molecule has 39 heavy (non-hydrogen) atoms. The van der Waals surface area contributed by atoms with Gasteiger partial charge in [0.2, 0.25) is 11.8 Å². The number of carbonyl (C=O) groups excluding carboxylic acids is 2. The van der Waals surface area contributed by atoms with Crippen LogP contribution in [0.3, 0.4) is 0 Å². The molecule has 0 radical (unpaired) electrons. The van der Waals surface area contributed by atoms with E-state index in [1.54, 1.807) is 37.3 Å². The van der Waals surface area contributed by atoms with E-state index in [2.05, 4.69) is 21.2 Å². The smallest absolute Gasteiger partial charge is 0.355 e. The predicted molar refractivity (Wildman–Crippen MR) is 145 cm³/mol. The molecule has 1 unspecified atom stereocenters. The van der Waals surface area contributed by atoms with E-state index in [0.717, 1.165) is 16.6 Å². The van der Waals surface area contributed by atoms with Gasteiger partial charge in [-0.15, -0.1) is 0 Å². The molecule has 0 aliphatic heterocycles. The Balaban J connectivity index is 2.07. The van der Waals surface area contributed by atoms with E-state index < -0.39 is 46.2 Å². The molecule has 0 bridgehead atoms. The highest BCUT2D eigenvalue weighted by molar-refractivity contribution is 9.10. The van der Waals surface area contributed by atoms with E-state index in [4.69, 9.17) is 0 Å². The number of sulfonamides is 1. The van der Waals surface area contributed by atoms with Gasteiger partial charge in [-0.2, -0.15) is 13.2 Å². The first kappa shape index (κ1) is 30.2. The number of likely N-dealkylation sites (N-methyl/N-ethyl adjacent to an activating group) is 1. The zero-order valence-corrected chi connectivity index (χ0v) is 23.6. The molecule has 0 spiro atoms. The lowest BCUT2D eigenvalue weighted by molar-refractivity contribution is -0.139. The highest BCUT2D eigenvalue weighted by Crippen LogP contribution is 2.33. The molecule has 0 fully saturated rings. The standard InChI is InChI=1S/C27H27BrF3N3O4S/c1-3-32-26(36)19(2)33(17-20-12-14-22(28)15-13-20)25(35)18-34(39(37,38)24-10-5-4-6-11-24)23-9-7-8-21(16-23)27(29,30)31/h4-16,19H,3,17-18H2,1-2H3,(H,32,36). The zero-order valence-electron chi connectivity index (χ0n) is 21.2. The Bertz CT molecular complexity index is 1400. The van der Waals surface area contributed by atoms with Crippen LogP contribution in [0.15, 0.2) is 88.2 Å². The third kappa shape index (κ3) is 7.60. The summed E-state index contributed by atoms with van der Waals surface area (Å²) in [6, 6.07) is 16.8. The molecule has 7 nitrogen and oxygen atoms in total. The van der Waals surface area contributed by atoms with Gasteiger partial charge in [0.25, 0.3) is 10.0 Å². The topological polar surface area (TPSA) is 86.8 Å². The van der Waals surface area contributed by atoms with E-state index in [-0.39, 0.29) is 17.1 Å². The summed E-state index contributed by atoms with van der Waals surface area (Å²) in [6.07, 6.45) is -4.73.